The van der Waals surface area contributed by atoms with Gasteiger partial charge in [-0.15, -0.1) is 0 Å². The van der Waals surface area contributed by atoms with Crippen LogP contribution in [0.1, 0.15) is 90.5 Å². The quantitative estimate of drug-likeness (QED) is 0.487. The number of nitrogens with one attached hydrogen (secondary N) is 1. The molecule has 0 spiro atoms. The summed E-state index contributed by atoms with van der Waals surface area (Å²) in [6, 6.07) is 19.6. The molecule has 2 heterocycles. The summed E-state index contributed by atoms with van der Waals surface area (Å²) in [6.07, 6.45) is 9.76. The number of hydrogen-bond acceptors (Lipinski definition) is 3. The van der Waals surface area contributed by atoms with Crippen molar-refractivity contribution >= 4 is 11.6 Å². The van der Waals surface area contributed by atoms with Crippen molar-refractivity contribution in [2.75, 3.05) is 5.32 Å². The minimum Gasteiger partial charge on any atom is -0.363 e. The number of benzene rings is 2. The Hall–Kier alpha value is -2.88. The Morgan fingerprint density at radius 2 is 1.74 bits per heavy atom. The van der Waals surface area contributed by atoms with E-state index in [0.717, 1.165) is 17.8 Å². The maximum Gasteiger partial charge on any atom is 0.172 e. The van der Waals surface area contributed by atoms with Gasteiger partial charge in [0, 0.05) is 6.42 Å². The summed E-state index contributed by atoms with van der Waals surface area (Å²) in [5.41, 5.74) is 4.45. The minimum absolute atomic E-state index is 0.125. The average molecular weight is 414 g/mol. The molecule has 2 atom stereocenters. The number of carbonyl (C=O) groups is 1. The van der Waals surface area contributed by atoms with Crippen molar-refractivity contribution in [2.45, 2.75) is 69.9 Å². The van der Waals surface area contributed by atoms with Gasteiger partial charge in [-0.25, -0.2) is 4.68 Å². The van der Waals surface area contributed by atoms with E-state index in [9.17, 15) is 4.79 Å². The summed E-state index contributed by atoms with van der Waals surface area (Å²) in [6.45, 7) is 2.17. The summed E-state index contributed by atoms with van der Waals surface area (Å²) in [4.78, 5) is 13.2. The molecule has 4 nitrogen and oxygen atoms in total. The lowest BCUT2D eigenvalue weighted by molar-refractivity contribution is 0.0993. The summed E-state index contributed by atoms with van der Waals surface area (Å²) >= 11 is 0. The molecule has 2 aliphatic rings. The third-order valence-corrected chi connectivity index (χ3v) is 7.02. The van der Waals surface area contributed by atoms with Gasteiger partial charge in [0.2, 0.25) is 0 Å². The van der Waals surface area contributed by atoms with Crippen molar-refractivity contribution in [3.8, 4) is 0 Å². The van der Waals surface area contributed by atoms with E-state index in [-0.39, 0.29) is 17.9 Å². The fraction of sp³-hybridized carbons (Fsp3) is 0.407. The standard InChI is InChI=1S/C27H31N3O/c1-19-16-25(23-10-6-3-7-11-23)29-27-24(18-28-30(19)27)26(31)17-20-12-14-22(15-13-20)21-8-4-2-5-9-21/h3,6-7,10-15,18-19,21,25,29H,2,4-5,8-9,16-17H2,1H3. The van der Waals surface area contributed by atoms with Gasteiger partial charge in [0.05, 0.1) is 23.8 Å². The number of carbonyl (C=O) groups excluding carboxylic acids is 1. The highest BCUT2D eigenvalue weighted by Gasteiger charge is 2.29. The zero-order chi connectivity index (χ0) is 21.2. The number of Topliss-reactive ketones (excluding diaryl/α,β-unsaturated/α-hetero) is 1. The second-order valence-electron chi connectivity index (χ2n) is 9.22. The van der Waals surface area contributed by atoms with Gasteiger partial charge in [-0.3, -0.25) is 4.79 Å². The lowest BCUT2D eigenvalue weighted by Gasteiger charge is -2.31. The fourth-order valence-electron chi connectivity index (χ4n) is 5.24. The highest BCUT2D eigenvalue weighted by atomic mass is 16.1. The fourth-order valence-corrected chi connectivity index (χ4v) is 5.24. The summed E-state index contributed by atoms with van der Waals surface area (Å²) in [7, 11) is 0. The molecule has 160 valence electrons. The van der Waals surface area contributed by atoms with E-state index in [2.05, 4.69) is 65.9 Å². The molecule has 3 aromatic rings. The van der Waals surface area contributed by atoms with Crippen LogP contribution in [0.15, 0.2) is 60.8 Å². The van der Waals surface area contributed by atoms with Gasteiger partial charge in [-0.1, -0.05) is 73.9 Å². The van der Waals surface area contributed by atoms with Gasteiger partial charge in [-0.05, 0) is 48.8 Å². The number of nitrogens with zero attached hydrogens (tertiary/aromatic N) is 2. The molecule has 1 aliphatic heterocycles. The Kier molecular flexibility index (Phi) is 5.63. The molecule has 1 saturated carbocycles. The van der Waals surface area contributed by atoms with Crippen LogP contribution in [0.4, 0.5) is 5.82 Å². The van der Waals surface area contributed by atoms with Crippen LogP contribution in [0.25, 0.3) is 0 Å². The van der Waals surface area contributed by atoms with Crippen molar-refractivity contribution in [1.82, 2.24) is 9.78 Å². The highest BCUT2D eigenvalue weighted by molar-refractivity contribution is 6.01. The summed E-state index contributed by atoms with van der Waals surface area (Å²) in [5.74, 6) is 1.68. The van der Waals surface area contributed by atoms with E-state index in [4.69, 9.17) is 0 Å². The second kappa shape index (κ2) is 8.70. The zero-order valence-corrected chi connectivity index (χ0v) is 18.3. The van der Waals surface area contributed by atoms with Crippen molar-refractivity contribution < 1.29 is 4.79 Å². The molecule has 2 aromatic carbocycles. The lowest BCUT2D eigenvalue weighted by Crippen LogP contribution is -2.26. The molecule has 1 aliphatic carbocycles. The van der Waals surface area contributed by atoms with Crippen molar-refractivity contribution in [3.63, 3.8) is 0 Å². The van der Waals surface area contributed by atoms with Crippen LogP contribution in [0.3, 0.4) is 0 Å². The van der Waals surface area contributed by atoms with E-state index < -0.39 is 0 Å². The second-order valence-corrected chi connectivity index (χ2v) is 9.22. The van der Waals surface area contributed by atoms with E-state index >= 15 is 0 Å². The van der Waals surface area contributed by atoms with Crippen molar-refractivity contribution in [1.29, 1.82) is 0 Å². The van der Waals surface area contributed by atoms with Crippen LogP contribution in [-0.4, -0.2) is 15.6 Å². The molecule has 0 radical (unpaired) electrons. The Labute approximate surface area is 184 Å². The molecule has 31 heavy (non-hydrogen) atoms. The third kappa shape index (κ3) is 4.16. The average Bonchev–Trinajstić information content (AvgIpc) is 3.26. The maximum absolute atomic E-state index is 13.2. The third-order valence-electron chi connectivity index (χ3n) is 7.02. The summed E-state index contributed by atoms with van der Waals surface area (Å²) in [5, 5.41) is 8.13. The van der Waals surface area contributed by atoms with Crippen molar-refractivity contribution in [2.24, 2.45) is 0 Å². The van der Waals surface area contributed by atoms with Gasteiger partial charge in [0.15, 0.2) is 5.78 Å². The van der Waals surface area contributed by atoms with Crippen LogP contribution in [0, 0.1) is 0 Å². The van der Waals surface area contributed by atoms with Crippen LogP contribution in [0.2, 0.25) is 0 Å². The molecule has 0 bridgehead atoms. The molecule has 0 saturated heterocycles. The number of ketones is 1. The number of rotatable bonds is 5. The normalized spacial score (nSPS) is 21.3. The van der Waals surface area contributed by atoms with E-state index in [1.165, 1.54) is 43.2 Å². The molecule has 0 amide bonds. The highest BCUT2D eigenvalue weighted by Crippen LogP contribution is 2.37. The van der Waals surface area contributed by atoms with Gasteiger partial charge in [-0.2, -0.15) is 5.10 Å². The monoisotopic (exact) mass is 413 g/mol. The van der Waals surface area contributed by atoms with Gasteiger partial charge in [0.1, 0.15) is 5.82 Å². The maximum atomic E-state index is 13.2. The first-order valence-corrected chi connectivity index (χ1v) is 11.7. The van der Waals surface area contributed by atoms with Crippen LogP contribution < -0.4 is 5.32 Å². The van der Waals surface area contributed by atoms with E-state index in [1.54, 1.807) is 6.20 Å². The Balaban J connectivity index is 1.32. The molecule has 1 fully saturated rings. The lowest BCUT2D eigenvalue weighted by atomic mass is 9.84. The van der Waals surface area contributed by atoms with Crippen LogP contribution >= 0.6 is 0 Å². The Morgan fingerprint density at radius 3 is 2.48 bits per heavy atom. The summed E-state index contributed by atoms with van der Waals surface area (Å²) < 4.78 is 1.97. The molecule has 2 unspecified atom stereocenters. The predicted octanol–water partition coefficient (Wildman–Crippen LogP) is 6.47. The Morgan fingerprint density at radius 1 is 1.00 bits per heavy atom. The Bertz CT molecular complexity index is 1030. The molecule has 1 aromatic heterocycles. The molecule has 1 N–H and O–H groups in total. The predicted molar refractivity (Wildman–Crippen MR) is 125 cm³/mol. The smallest absolute Gasteiger partial charge is 0.172 e. The molecule has 4 heteroatoms. The van der Waals surface area contributed by atoms with Crippen LogP contribution in [0.5, 0.6) is 0 Å². The first-order valence-electron chi connectivity index (χ1n) is 11.7. The largest absolute Gasteiger partial charge is 0.363 e. The van der Waals surface area contributed by atoms with Gasteiger partial charge < -0.3 is 5.32 Å². The topological polar surface area (TPSA) is 46.9 Å². The van der Waals surface area contributed by atoms with Crippen molar-refractivity contribution in [3.05, 3.63) is 83.0 Å². The molecule has 5 rings (SSSR count). The number of aromatic nitrogens is 2. The minimum atomic E-state index is 0.125. The van der Waals surface area contributed by atoms with E-state index in [0.29, 0.717) is 17.9 Å². The first-order chi connectivity index (χ1) is 15.2. The number of fused-ring (bicyclic) bond motifs is 1. The van der Waals surface area contributed by atoms with Crippen LogP contribution in [-0.2, 0) is 6.42 Å². The molecular formula is C27H31N3O. The van der Waals surface area contributed by atoms with Gasteiger partial charge in [0.25, 0.3) is 0 Å². The number of anilines is 1. The van der Waals surface area contributed by atoms with Gasteiger partial charge >= 0.3 is 0 Å². The SMILES string of the molecule is CC1CC(c2ccccc2)Nc2c(C(=O)Cc3ccc(C4CCCCC4)cc3)cnn21. The first kappa shape index (κ1) is 20.0. The zero-order valence-electron chi connectivity index (χ0n) is 18.3. The number of hydrogen-bond donors (Lipinski definition) is 1. The molecular weight excluding hydrogens is 382 g/mol. The van der Waals surface area contributed by atoms with E-state index in [1.807, 2.05) is 10.7 Å².